The molecule has 4 rings (SSSR count). The zero-order chi connectivity index (χ0) is 24.4. The van der Waals surface area contributed by atoms with Crippen LogP contribution in [0.5, 0.6) is 11.5 Å². The summed E-state index contributed by atoms with van der Waals surface area (Å²) in [5.74, 6) is 0.543. The van der Waals surface area contributed by atoms with Crippen LogP contribution in [-0.4, -0.2) is 55.0 Å². The number of hydrogen-bond acceptors (Lipinski definition) is 8. The molecule has 2 aromatic rings. The number of aliphatic imine (C=N–C) groups is 2. The molecule has 2 heterocycles. The standard InChI is InChI=1S/C23H23N7O4/c1-12-7-8-13(19(24)25)10-16(12)34-21-18-20(26-11-17(31)27-18)28-23(29-21)33-15-6-4-5-14(9-15)22(32)30(2)3/h4-10H,11H2,1-3H3,(H3,24,25)(H,27,31)(H,26,28,29). The molecule has 0 fully saturated rings. The van der Waals surface area contributed by atoms with Crippen LogP contribution in [0.1, 0.15) is 21.5 Å². The van der Waals surface area contributed by atoms with Crippen LogP contribution < -0.4 is 25.8 Å². The molecule has 2 aliphatic heterocycles. The van der Waals surface area contributed by atoms with E-state index in [2.05, 4.69) is 20.6 Å². The van der Waals surface area contributed by atoms with Gasteiger partial charge in [-0.25, -0.2) is 0 Å². The maximum atomic E-state index is 12.3. The number of aryl methyl sites for hydroxylation is 1. The first-order valence-corrected chi connectivity index (χ1v) is 10.3. The summed E-state index contributed by atoms with van der Waals surface area (Å²) in [6.45, 7) is 1.76. The van der Waals surface area contributed by atoms with Gasteiger partial charge in [-0.15, -0.1) is 0 Å². The third-order valence-corrected chi connectivity index (χ3v) is 4.93. The fourth-order valence-corrected chi connectivity index (χ4v) is 3.17. The minimum absolute atomic E-state index is 0.0449. The number of nitrogen functional groups attached to an aromatic ring is 1. The predicted molar refractivity (Wildman–Crippen MR) is 126 cm³/mol. The maximum Gasteiger partial charge on any atom is 0.304 e. The third kappa shape index (κ3) is 4.72. The maximum absolute atomic E-state index is 12.3. The fraction of sp³-hybridized carbons (Fsp3) is 0.174. The number of nitrogens with two attached hydrogens (primary N) is 1. The molecule has 0 saturated carbocycles. The number of rotatable bonds is 5. The van der Waals surface area contributed by atoms with Crippen molar-refractivity contribution in [1.29, 1.82) is 5.41 Å². The first-order valence-electron chi connectivity index (χ1n) is 10.3. The number of ether oxygens (including phenoxy) is 2. The molecule has 2 amide bonds. The largest absolute Gasteiger partial charge is 0.437 e. The summed E-state index contributed by atoms with van der Waals surface area (Å²) in [4.78, 5) is 34.3. The van der Waals surface area contributed by atoms with E-state index in [-0.39, 0.29) is 41.8 Å². The first kappa shape index (κ1) is 22.5. The summed E-state index contributed by atoms with van der Waals surface area (Å²) in [6, 6.07) is 11.8. The number of nitrogens with one attached hydrogen (secondary N) is 3. The highest BCUT2D eigenvalue weighted by Crippen LogP contribution is 2.25. The second-order valence-corrected chi connectivity index (χ2v) is 7.76. The number of amides is 2. The van der Waals surface area contributed by atoms with Gasteiger partial charge in [-0.3, -0.25) is 25.3 Å². The van der Waals surface area contributed by atoms with E-state index in [4.69, 9.17) is 20.6 Å². The van der Waals surface area contributed by atoms with E-state index in [0.717, 1.165) is 5.56 Å². The molecule has 2 aliphatic rings. The molecule has 34 heavy (non-hydrogen) atoms. The fourth-order valence-electron chi connectivity index (χ4n) is 3.17. The summed E-state index contributed by atoms with van der Waals surface area (Å²) in [5.41, 5.74) is 7.56. The minimum atomic E-state index is -0.315. The molecule has 0 spiro atoms. The number of carbonyl (C=O) groups excluding carboxylic acids is 2. The van der Waals surface area contributed by atoms with Crippen LogP contribution in [0.25, 0.3) is 0 Å². The van der Waals surface area contributed by atoms with Gasteiger partial charge < -0.3 is 25.4 Å². The van der Waals surface area contributed by atoms with Crippen LogP contribution >= 0.6 is 0 Å². The Morgan fingerprint density at radius 3 is 2.65 bits per heavy atom. The molecule has 174 valence electrons. The molecular weight excluding hydrogens is 438 g/mol. The van der Waals surface area contributed by atoms with E-state index < -0.39 is 0 Å². The normalized spacial score (nSPS) is 14.7. The van der Waals surface area contributed by atoms with Gasteiger partial charge in [-0.05, 0) is 36.8 Å². The zero-order valence-corrected chi connectivity index (χ0v) is 18.8. The van der Waals surface area contributed by atoms with Gasteiger partial charge in [0.2, 0.25) is 5.91 Å². The Bertz CT molecular complexity index is 1290. The molecule has 0 aliphatic carbocycles. The zero-order valence-electron chi connectivity index (χ0n) is 18.8. The van der Waals surface area contributed by atoms with E-state index in [1.165, 1.54) is 4.90 Å². The number of benzene rings is 2. The number of hydrogen-bond donors (Lipinski definition) is 4. The van der Waals surface area contributed by atoms with E-state index in [0.29, 0.717) is 28.5 Å². The lowest BCUT2D eigenvalue weighted by Crippen LogP contribution is -2.48. The molecule has 2 aromatic carbocycles. The van der Waals surface area contributed by atoms with Gasteiger partial charge in [-0.2, -0.15) is 4.99 Å². The highest BCUT2D eigenvalue weighted by Gasteiger charge is 2.29. The van der Waals surface area contributed by atoms with Gasteiger partial charge in [0.25, 0.3) is 11.8 Å². The van der Waals surface area contributed by atoms with Gasteiger partial charge in [-0.1, -0.05) is 18.2 Å². The Morgan fingerprint density at radius 2 is 1.91 bits per heavy atom. The van der Waals surface area contributed by atoms with E-state index in [9.17, 15) is 9.59 Å². The first-order chi connectivity index (χ1) is 16.2. The van der Waals surface area contributed by atoms with Crippen molar-refractivity contribution in [2.45, 2.75) is 6.92 Å². The topological polar surface area (TPSA) is 154 Å². The van der Waals surface area contributed by atoms with Crippen LogP contribution in [0.4, 0.5) is 0 Å². The second kappa shape index (κ2) is 9.06. The summed E-state index contributed by atoms with van der Waals surface area (Å²) in [6.07, 6.45) is 0. The predicted octanol–water partition coefficient (Wildman–Crippen LogP) is 1.10. The number of nitrogens with zero attached hydrogens (tertiary/aromatic N) is 3. The quantitative estimate of drug-likeness (QED) is 0.386. The number of fused-ring (bicyclic) bond motifs is 1. The molecule has 0 saturated heterocycles. The molecular formula is C23H23N7O4. The van der Waals surface area contributed by atoms with Crippen molar-refractivity contribution < 1.29 is 19.1 Å². The smallest absolute Gasteiger partial charge is 0.304 e. The molecule has 11 nitrogen and oxygen atoms in total. The molecule has 0 radical (unpaired) electrons. The molecule has 5 N–H and O–H groups in total. The summed E-state index contributed by atoms with van der Waals surface area (Å²) in [7, 11) is 3.33. The van der Waals surface area contributed by atoms with Gasteiger partial charge in [0.15, 0.2) is 5.84 Å². The Morgan fingerprint density at radius 1 is 1.12 bits per heavy atom. The van der Waals surface area contributed by atoms with Crippen molar-refractivity contribution in [2.75, 3.05) is 20.6 Å². The summed E-state index contributed by atoms with van der Waals surface area (Å²) >= 11 is 0. The summed E-state index contributed by atoms with van der Waals surface area (Å²) < 4.78 is 11.9. The lowest BCUT2D eigenvalue weighted by Gasteiger charge is -2.25. The Hall–Kier alpha value is -4.67. The van der Waals surface area contributed by atoms with Crippen LogP contribution in [0, 0.1) is 12.3 Å². The van der Waals surface area contributed by atoms with Crippen LogP contribution in [-0.2, 0) is 4.79 Å². The van der Waals surface area contributed by atoms with Crippen LogP contribution in [0.3, 0.4) is 0 Å². The van der Waals surface area contributed by atoms with Gasteiger partial charge >= 0.3 is 6.02 Å². The third-order valence-electron chi connectivity index (χ3n) is 4.93. The highest BCUT2D eigenvalue weighted by atomic mass is 16.5. The Labute approximate surface area is 195 Å². The van der Waals surface area contributed by atoms with Crippen molar-refractivity contribution in [3.8, 4) is 11.5 Å². The van der Waals surface area contributed by atoms with Gasteiger partial charge in [0, 0.05) is 25.2 Å². The molecule has 11 heteroatoms. The average Bonchev–Trinajstić information content (AvgIpc) is 2.80. The lowest BCUT2D eigenvalue weighted by molar-refractivity contribution is -0.119. The second-order valence-electron chi connectivity index (χ2n) is 7.76. The van der Waals surface area contributed by atoms with Gasteiger partial charge in [0.1, 0.15) is 29.6 Å². The minimum Gasteiger partial charge on any atom is -0.437 e. The molecule has 0 bridgehead atoms. The van der Waals surface area contributed by atoms with Crippen LogP contribution in [0.15, 0.2) is 64.0 Å². The molecule has 0 unspecified atom stereocenters. The highest BCUT2D eigenvalue weighted by molar-refractivity contribution is 6.13. The molecule has 0 aromatic heterocycles. The lowest BCUT2D eigenvalue weighted by atomic mass is 10.1. The van der Waals surface area contributed by atoms with Crippen LogP contribution in [0.2, 0.25) is 0 Å². The van der Waals surface area contributed by atoms with Crippen molar-refractivity contribution in [1.82, 2.24) is 15.5 Å². The van der Waals surface area contributed by atoms with E-state index >= 15 is 0 Å². The number of amidine groups is 3. The van der Waals surface area contributed by atoms with E-state index in [1.807, 2.05) is 6.92 Å². The van der Waals surface area contributed by atoms with Crippen molar-refractivity contribution >= 4 is 29.5 Å². The van der Waals surface area contributed by atoms with Crippen molar-refractivity contribution in [3.63, 3.8) is 0 Å². The Balaban J connectivity index is 1.69. The van der Waals surface area contributed by atoms with E-state index in [1.54, 1.807) is 56.6 Å². The SMILES string of the molecule is Cc1ccc(C(=N)N)cc1OC1=C2NC(=O)CN=C2NC(Oc2cccc(C(=O)N(C)C)c2)=N1. The summed E-state index contributed by atoms with van der Waals surface area (Å²) in [5, 5.41) is 13.3. The van der Waals surface area contributed by atoms with Crippen molar-refractivity contribution in [3.05, 3.63) is 70.7 Å². The molecule has 0 atom stereocenters. The Kier molecular flexibility index (Phi) is 6.00. The number of carbonyl (C=O) groups is 2. The monoisotopic (exact) mass is 461 g/mol. The van der Waals surface area contributed by atoms with Gasteiger partial charge in [0.05, 0.1) is 0 Å². The average molecular weight is 461 g/mol. The van der Waals surface area contributed by atoms with Crippen molar-refractivity contribution in [2.24, 2.45) is 15.7 Å².